The van der Waals surface area contributed by atoms with Gasteiger partial charge in [0.1, 0.15) is 11.8 Å². The molecular weight excluding hydrogens is 368 g/mol. The lowest BCUT2D eigenvalue weighted by molar-refractivity contribution is -0.201. The second-order valence-electron chi connectivity index (χ2n) is 7.82. The summed E-state index contributed by atoms with van der Waals surface area (Å²) in [5, 5.41) is 2.27. The normalized spacial score (nSPS) is 20.6. The standard InChI is InChI=1S/C23H32N2O4/c1-5-11-25(15(2)3)22(26)21(24)23-28-13-17(14-29-23)19-8-6-7-16-12-18(27-4)9-10-20(16)19/h6-10,12,15,17,21,23H,5,11,13-14,24H2,1-4H3. The molecule has 2 N–H and O–H groups in total. The maximum absolute atomic E-state index is 12.8. The molecular formula is C23H32N2O4. The number of methoxy groups -OCH3 is 1. The van der Waals surface area contributed by atoms with Gasteiger partial charge in [-0.2, -0.15) is 0 Å². The van der Waals surface area contributed by atoms with Crippen LogP contribution in [0, 0.1) is 0 Å². The third-order valence-electron chi connectivity index (χ3n) is 5.43. The smallest absolute Gasteiger partial charge is 0.244 e. The molecule has 0 radical (unpaired) electrons. The van der Waals surface area contributed by atoms with Crippen molar-refractivity contribution in [2.75, 3.05) is 26.9 Å². The Morgan fingerprint density at radius 3 is 2.59 bits per heavy atom. The molecule has 2 aromatic carbocycles. The molecule has 1 fully saturated rings. The minimum atomic E-state index is -0.818. The Morgan fingerprint density at radius 1 is 1.24 bits per heavy atom. The van der Waals surface area contributed by atoms with Gasteiger partial charge in [0, 0.05) is 18.5 Å². The van der Waals surface area contributed by atoms with Crippen LogP contribution in [0.2, 0.25) is 0 Å². The maximum atomic E-state index is 12.8. The zero-order chi connectivity index (χ0) is 21.0. The number of nitrogens with two attached hydrogens (primary N) is 1. The minimum absolute atomic E-state index is 0.0856. The van der Waals surface area contributed by atoms with Gasteiger partial charge in [-0.3, -0.25) is 4.79 Å². The molecule has 1 amide bonds. The molecule has 3 rings (SSSR count). The maximum Gasteiger partial charge on any atom is 0.244 e. The van der Waals surface area contributed by atoms with Crippen LogP contribution in [0.4, 0.5) is 0 Å². The third kappa shape index (κ3) is 4.71. The predicted molar refractivity (Wildman–Crippen MR) is 114 cm³/mol. The van der Waals surface area contributed by atoms with Crippen molar-refractivity contribution in [3.63, 3.8) is 0 Å². The lowest BCUT2D eigenvalue weighted by atomic mass is 9.94. The quantitative estimate of drug-likeness (QED) is 0.772. The van der Waals surface area contributed by atoms with Gasteiger partial charge in [0.15, 0.2) is 6.29 Å². The van der Waals surface area contributed by atoms with Crippen molar-refractivity contribution in [3.05, 3.63) is 42.0 Å². The van der Waals surface area contributed by atoms with Gasteiger partial charge in [-0.15, -0.1) is 0 Å². The van der Waals surface area contributed by atoms with Crippen molar-refractivity contribution in [2.24, 2.45) is 5.73 Å². The van der Waals surface area contributed by atoms with E-state index in [0.29, 0.717) is 19.8 Å². The number of amides is 1. The van der Waals surface area contributed by atoms with E-state index in [-0.39, 0.29) is 17.9 Å². The average molecular weight is 401 g/mol. The van der Waals surface area contributed by atoms with E-state index < -0.39 is 12.3 Å². The Balaban J connectivity index is 1.69. The first-order valence-electron chi connectivity index (χ1n) is 10.3. The van der Waals surface area contributed by atoms with E-state index in [1.807, 2.05) is 39.0 Å². The summed E-state index contributed by atoms with van der Waals surface area (Å²) in [5.74, 6) is 0.794. The van der Waals surface area contributed by atoms with Crippen LogP contribution in [0.3, 0.4) is 0 Å². The summed E-state index contributed by atoms with van der Waals surface area (Å²) in [6.07, 6.45) is 0.170. The van der Waals surface area contributed by atoms with Gasteiger partial charge in [-0.05, 0) is 48.7 Å². The highest BCUT2D eigenvalue weighted by Gasteiger charge is 2.35. The van der Waals surface area contributed by atoms with E-state index in [1.54, 1.807) is 12.0 Å². The molecule has 0 aliphatic carbocycles. The fourth-order valence-electron chi connectivity index (χ4n) is 3.85. The van der Waals surface area contributed by atoms with Crippen LogP contribution < -0.4 is 10.5 Å². The van der Waals surface area contributed by atoms with Gasteiger partial charge in [0.25, 0.3) is 0 Å². The summed E-state index contributed by atoms with van der Waals surface area (Å²) >= 11 is 0. The van der Waals surface area contributed by atoms with Gasteiger partial charge in [0.05, 0.1) is 20.3 Å². The average Bonchev–Trinajstić information content (AvgIpc) is 2.75. The van der Waals surface area contributed by atoms with Crippen LogP contribution >= 0.6 is 0 Å². The molecule has 1 unspecified atom stereocenters. The largest absolute Gasteiger partial charge is 0.497 e. The Bertz CT molecular complexity index is 831. The summed E-state index contributed by atoms with van der Waals surface area (Å²) in [4.78, 5) is 14.6. The molecule has 29 heavy (non-hydrogen) atoms. The number of carbonyl (C=O) groups excluding carboxylic acids is 1. The van der Waals surface area contributed by atoms with E-state index >= 15 is 0 Å². The SMILES string of the molecule is CCCN(C(=O)C(N)C1OCC(c2cccc3cc(OC)ccc23)CO1)C(C)C. The topological polar surface area (TPSA) is 74.0 Å². The van der Waals surface area contributed by atoms with E-state index in [4.69, 9.17) is 19.9 Å². The highest BCUT2D eigenvalue weighted by molar-refractivity contribution is 5.87. The number of ether oxygens (including phenoxy) is 3. The second-order valence-corrected chi connectivity index (χ2v) is 7.82. The van der Waals surface area contributed by atoms with Crippen molar-refractivity contribution in [1.82, 2.24) is 4.90 Å². The van der Waals surface area contributed by atoms with Crippen molar-refractivity contribution in [2.45, 2.75) is 51.5 Å². The van der Waals surface area contributed by atoms with Gasteiger partial charge < -0.3 is 24.8 Å². The number of hydrogen-bond acceptors (Lipinski definition) is 5. The number of hydrogen-bond donors (Lipinski definition) is 1. The summed E-state index contributed by atoms with van der Waals surface area (Å²) < 4.78 is 17.1. The summed E-state index contributed by atoms with van der Waals surface area (Å²) in [6, 6.07) is 11.5. The second kappa shape index (κ2) is 9.57. The van der Waals surface area contributed by atoms with E-state index in [9.17, 15) is 4.79 Å². The number of fused-ring (bicyclic) bond motifs is 1. The molecule has 6 heteroatoms. The van der Waals surface area contributed by atoms with Crippen LogP contribution in [0.25, 0.3) is 10.8 Å². The van der Waals surface area contributed by atoms with Gasteiger partial charge >= 0.3 is 0 Å². The molecule has 6 nitrogen and oxygen atoms in total. The fraction of sp³-hybridized carbons (Fsp3) is 0.522. The zero-order valence-electron chi connectivity index (χ0n) is 17.8. The number of benzene rings is 2. The molecule has 0 spiro atoms. The van der Waals surface area contributed by atoms with Crippen LogP contribution in [0.5, 0.6) is 5.75 Å². The van der Waals surface area contributed by atoms with Crippen molar-refractivity contribution < 1.29 is 19.0 Å². The van der Waals surface area contributed by atoms with Gasteiger partial charge in [-0.25, -0.2) is 0 Å². The van der Waals surface area contributed by atoms with Crippen LogP contribution in [0.15, 0.2) is 36.4 Å². The van der Waals surface area contributed by atoms with Crippen LogP contribution in [-0.4, -0.2) is 56.0 Å². The van der Waals surface area contributed by atoms with E-state index in [0.717, 1.165) is 22.9 Å². The third-order valence-corrected chi connectivity index (χ3v) is 5.43. The highest BCUT2D eigenvalue weighted by Crippen LogP contribution is 2.31. The monoisotopic (exact) mass is 400 g/mol. The summed E-state index contributed by atoms with van der Waals surface area (Å²) in [7, 11) is 1.67. The zero-order valence-corrected chi connectivity index (χ0v) is 17.8. The van der Waals surface area contributed by atoms with E-state index in [1.165, 1.54) is 5.56 Å². The fourth-order valence-corrected chi connectivity index (χ4v) is 3.85. The van der Waals surface area contributed by atoms with Gasteiger partial charge in [-0.1, -0.05) is 31.2 Å². The summed E-state index contributed by atoms with van der Waals surface area (Å²) in [5.41, 5.74) is 7.38. The number of nitrogens with zero attached hydrogens (tertiary/aromatic N) is 1. The Hall–Kier alpha value is -2.15. The van der Waals surface area contributed by atoms with Gasteiger partial charge in [0.2, 0.25) is 5.91 Å². The minimum Gasteiger partial charge on any atom is -0.497 e. The molecule has 0 saturated carbocycles. The lowest BCUT2D eigenvalue weighted by Gasteiger charge is -2.36. The first-order valence-corrected chi connectivity index (χ1v) is 10.3. The van der Waals surface area contributed by atoms with Crippen molar-refractivity contribution in [1.29, 1.82) is 0 Å². The van der Waals surface area contributed by atoms with Crippen LogP contribution in [0.1, 0.15) is 38.7 Å². The first-order chi connectivity index (χ1) is 14.0. The molecule has 0 bridgehead atoms. The summed E-state index contributed by atoms with van der Waals surface area (Å²) in [6.45, 7) is 7.65. The highest BCUT2D eigenvalue weighted by atomic mass is 16.7. The van der Waals surface area contributed by atoms with E-state index in [2.05, 4.69) is 18.2 Å². The molecule has 1 saturated heterocycles. The van der Waals surface area contributed by atoms with Crippen molar-refractivity contribution >= 4 is 16.7 Å². The Kier molecular flexibility index (Phi) is 7.11. The molecule has 0 aromatic heterocycles. The molecule has 1 atom stereocenters. The molecule has 1 aliphatic heterocycles. The first kappa shape index (κ1) is 21.6. The lowest BCUT2D eigenvalue weighted by Crippen LogP contribution is -2.55. The van der Waals surface area contributed by atoms with Crippen LogP contribution in [-0.2, 0) is 14.3 Å². The molecule has 1 aliphatic rings. The molecule has 1 heterocycles. The van der Waals surface area contributed by atoms with Crippen molar-refractivity contribution in [3.8, 4) is 5.75 Å². The molecule has 158 valence electrons. The number of carbonyl (C=O) groups is 1. The Labute approximate surface area is 172 Å². The predicted octanol–water partition coefficient (Wildman–Crippen LogP) is 3.28. The molecule has 2 aromatic rings. The Morgan fingerprint density at radius 2 is 1.97 bits per heavy atom. The number of rotatable bonds is 7.